The summed E-state index contributed by atoms with van der Waals surface area (Å²) in [7, 11) is 0. The van der Waals surface area contributed by atoms with Crippen LogP contribution >= 0.6 is 0 Å². The van der Waals surface area contributed by atoms with Crippen molar-refractivity contribution >= 4 is 5.78 Å². The molecule has 0 spiro atoms. The third-order valence-corrected chi connectivity index (χ3v) is 2.15. The van der Waals surface area contributed by atoms with Crippen molar-refractivity contribution in [1.29, 1.82) is 5.26 Å². The fourth-order valence-corrected chi connectivity index (χ4v) is 1.23. The van der Waals surface area contributed by atoms with Crippen molar-refractivity contribution in [3.63, 3.8) is 0 Å². The summed E-state index contributed by atoms with van der Waals surface area (Å²) >= 11 is 0. The molecule has 4 heteroatoms. The molecule has 0 radical (unpaired) electrons. The normalized spacial score (nSPS) is 11.5. The number of carbonyl (C=O) groups excluding carboxylic acids is 1. The smallest absolute Gasteiger partial charge is 0.151 e. The van der Waals surface area contributed by atoms with Gasteiger partial charge in [-0.1, -0.05) is 6.58 Å². The Balaban J connectivity index is 3.90. The van der Waals surface area contributed by atoms with Crippen molar-refractivity contribution in [2.45, 2.75) is 38.6 Å². The van der Waals surface area contributed by atoms with Gasteiger partial charge in [-0.2, -0.15) is 5.26 Å². The van der Waals surface area contributed by atoms with E-state index in [2.05, 4.69) is 18.0 Å². The molecule has 1 atom stereocenters. The second-order valence-corrected chi connectivity index (χ2v) is 3.52. The highest BCUT2D eigenvalue weighted by Crippen LogP contribution is 2.05. The topological polar surface area (TPSA) is 78.9 Å². The average molecular weight is 209 g/mol. The Morgan fingerprint density at radius 2 is 2.27 bits per heavy atom. The highest BCUT2D eigenvalue weighted by molar-refractivity contribution is 5.81. The molecule has 4 nitrogen and oxygen atoms in total. The largest absolute Gasteiger partial charge is 0.378 e. The van der Waals surface area contributed by atoms with Gasteiger partial charge in [0.25, 0.3) is 0 Å². The number of nitrogens with zero attached hydrogens (tertiary/aromatic N) is 1. The Morgan fingerprint density at radius 3 is 2.73 bits per heavy atom. The van der Waals surface area contributed by atoms with E-state index in [-0.39, 0.29) is 11.8 Å². The molecule has 0 aromatic rings. The number of nitriles is 1. The number of carbonyl (C=O) groups is 1. The Hall–Kier alpha value is -1.34. The molecule has 0 aromatic heterocycles. The summed E-state index contributed by atoms with van der Waals surface area (Å²) < 4.78 is 0. The van der Waals surface area contributed by atoms with Gasteiger partial charge in [0.15, 0.2) is 5.78 Å². The minimum atomic E-state index is -0.209. The third-order valence-electron chi connectivity index (χ3n) is 2.15. The van der Waals surface area contributed by atoms with Crippen LogP contribution < -0.4 is 11.1 Å². The van der Waals surface area contributed by atoms with Crippen LogP contribution in [0.3, 0.4) is 0 Å². The Kier molecular flexibility index (Phi) is 7.29. The van der Waals surface area contributed by atoms with Gasteiger partial charge in [-0.15, -0.1) is 0 Å². The maximum absolute atomic E-state index is 11.2. The van der Waals surface area contributed by atoms with Crippen LogP contribution in [-0.4, -0.2) is 18.4 Å². The van der Waals surface area contributed by atoms with Gasteiger partial charge in [-0.25, -0.2) is 0 Å². The highest BCUT2D eigenvalue weighted by atomic mass is 16.1. The van der Waals surface area contributed by atoms with E-state index in [1.54, 1.807) is 6.92 Å². The quantitative estimate of drug-likeness (QED) is 0.586. The van der Waals surface area contributed by atoms with E-state index in [0.29, 0.717) is 18.7 Å². The summed E-state index contributed by atoms with van der Waals surface area (Å²) in [5, 5.41) is 11.4. The number of nitrogens with one attached hydrogen (secondary N) is 1. The van der Waals surface area contributed by atoms with Crippen molar-refractivity contribution in [2.24, 2.45) is 5.73 Å². The molecule has 0 aromatic carbocycles. The first-order chi connectivity index (χ1) is 7.11. The van der Waals surface area contributed by atoms with Gasteiger partial charge in [-0.3, -0.25) is 4.79 Å². The third kappa shape index (κ3) is 6.69. The van der Waals surface area contributed by atoms with E-state index >= 15 is 0 Å². The van der Waals surface area contributed by atoms with Crippen molar-refractivity contribution in [1.82, 2.24) is 5.32 Å². The minimum absolute atomic E-state index is 0.0848. The van der Waals surface area contributed by atoms with E-state index in [0.717, 1.165) is 19.3 Å². The van der Waals surface area contributed by atoms with Gasteiger partial charge in [0.05, 0.1) is 12.1 Å². The predicted octanol–water partition coefficient (Wildman–Crippen LogP) is 1.09. The number of hydrogen-bond donors (Lipinski definition) is 2. The zero-order valence-electron chi connectivity index (χ0n) is 9.25. The van der Waals surface area contributed by atoms with E-state index in [9.17, 15) is 4.79 Å². The molecule has 0 aliphatic carbocycles. The number of hydrogen-bond acceptors (Lipinski definition) is 4. The zero-order valence-corrected chi connectivity index (χ0v) is 9.25. The van der Waals surface area contributed by atoms with Crippen molar-refractivity contribution in [3.05, 3.63) is 12.3 Å². The summed E-state index contributed by atoms with van der Waals surface area (Å²) in [5.41, 5.74) is 6.06. The summed E-state index contributed by atoms with van der Waals surface area (Å²) in [6.07, 6.45) is 2.97. The number of unbranched alkanes of at least 4 members (excludes halogenated alkanes) is 2. The SMILES string of the molecule is C=C(CN)NC(CCCCC#N)C(C)=O. The molecule has 3 N–H and O–H groups in total. The first-order valence-electron chi connectivity index (χ1n) is 5.13. The number of Topliss-reactive ketones (excluding diaryl/α,β-unsaturated/α-hetero) is 1. The van der Waals surface area contributed by atoms with E-state index in [1.165, 1.54) is 0 Å². The van der Waals surface area contributed by atoms with Gasteiger partial charge >= 0.3 is 0 Å². The van der Waals surface area contributed by atoms with Gasteiger partial charge in [0.1, 0.15) is 0 Å². The van der Waals surface area contributed by atoms with Crippen molar-refractivity contribution in [2.75, 3.05) is 6.54 Å². The fourth-order valence-electron chi connectivity index (χ4n) is 1.23. The summed E-state index contributed by atoms with van der Waals surface area (Å²) in [6, 6.07) is 1.87. The molecule has 0 fully saturated rings. The highest BCUT2D eigenvalue weighted by Gasteiger charge is 2.13. The average Bonchev–Trinajstić information content (AvgIpc) is 2.21. The Morgan fingerprint density at radius 1 is 1.60 bits per heavy atom. The first kappa shape index (κ1) is 13.7. The maximum Gasteiger partial charge on any atom is 0.151 e. The van der Waals surface area contributed by atoms with Crippen LogP contribution in [0.2, 0.25) is 0 Å². The molecule has 0 rings (SSSR count). The van der Waals surface area contributed by atoms with Crippen LogP contribution in [0.4, 0.5) is 0 Å². The number of ketones is 1. The molecule has 84 valence electrons. The first-order valence-corrected chi connectivity index (χ1v) is 5.13. The molecular weight excluding hydrogens is 190 g/mol. The van der Waals surface area contributed by atoms with Crippen LogP contribution in [-0.2, 0) is 4.79 Å². The van der Waals surface area contributed by atoms with Crippen LogP contribution in [0.5, 0.6) is 0 Å². The Bertz CT molecular complexity index is 255. The molecule has 0 saturated heterocycles. The minimum Gasteiger partial charge on any atom is -0.378 e. The van der Waals surface area contributed by atoms with Gasteiger partial charge in [0.2, 0.25) is 0 Å². The Labute approximate surface area is 91.1 Å². The van der Waals surface area contributed by atoms with E-state index in [4.69, 9.17) is 11.0 Å². The fraction of sp³-hybridized carbons (Fsp3) is 0.636. The lowest BCUT2D eigenvalue weighted by Crippen LogP contribution is -2.36. The molecule has 0 aliphatic heterocycles. The van der Waals surface area contributed by atoms with Crippen molar-refractivity contribution in [3.8, 4) is 6.07 Å². The summed E-state index contributed by atoms with van der Waals surface area (Å²) in [6.45, 7) is 5.58. The van der Waals surface area contributed by atoms with Crippen LogP contribution in [0.1, 0.15) is 32.6 Å². The van der Waals surface area contributed by atoms with Gasteiger partial charge < -0.3 is 11.1 Å². The number of rotatable bonds is 8. The molecule has 0 saturated carbocycles. The second kappa shape index (κ2) is 8.01. The lowest BCUT2D eigenvalue weighted by Gasteiger charge is -2.17. The molecule has 0 aliphatic rings. The van der Waals surface area contributed by atoms with Gasteiger partial charge in [-0.05, 0) is 26.2 Å². The van der Waals surface area contributed by atoms with Crippen molar-refractivity contribution < 1.29 is 4.79 Å². The lowest BCUT2D eigenvalue weighted by atomic mass is 10.1. The summed E-state index contributed by atoms with van der Waals surface area (Å²) in [5.74, 6) is 0.0848. The molecule has 1 unspecified atom stereocenters. The predicted molar refractivity (Wildman–Crippen MR) is 59.9 cm³/mol. The zero-order chi connectivity index (χ0) is 11.7. The van der Waals surface area contributed by atoms with Crippen LogP contribution in [0.25, 0.3) is 0 Å². The monoisotopic (exact) mass is 209 g/mol. The molecule has 0 amide bonds. The van der Waals surface area contributed by atoms with Crippen LogP contribution in [0, 0.1) is 11.3 Å². The van der Waals surface area contributed by atoms with E-state index in [1.807, 2.05) is 0 Å². The lowest BCUT2D eigenvalue weighted by molar-refractivity contribution is -0.119. The summed E-state index contributed by atoms with van der Waals surface area (Å²) in [4.78, 5) is 11.2. The number of nitrogens with two attached hydrogens (primary N) is 1. The molecular formula is C11H19N3O. The standard InChI is InChI=1S/C11H19N3O/c1-9(8-13)14-11(10(2)15)6-4-3-5-7-12/h11,14H,1,3-6,8,13H2,2H3. The van der Waals surface area contributed by atoms with E-state index < -0.39 is 0 Å². The maximum atomic E-state index is 11.2. The molecule has 0 bridgehead atoms. The molecule has 0 heterocycles. The van der Waals surface area contributed by atoms with Crippen LogP contribution in [0.15, 0.2) is 12.3 Å². The molecule has 15 heavy (non-hydrogen) atoms. The van der Waals surface area contributed by atoms with Gasteiger partial charge in [0, 0.05) is 18.7 Å². The second-order valence-electron chi connectivity index (χ2n) is 3.52.